The summed E-state index contributed by atoms with van der Waals surface area (Å²) < 4.78 is 29.8. The van der Waals surface area contributed by atoms with Gasteiger partial charge in [-0.1, -0.05) is 11.6 Å². The summed E-state index contributed by atoms with van der Waals surface area (Å²) in [6, 6.07) is 0. The molecule has 0 aromatic carbocycles. The van der Waals surface area contributed by atoms with Gasteiger partial charge in [0.05, 0.1) is 0 Å². The zero-order chi connectivity index (χ0) is 14.4. The molecule has 8 nitrogen and oxygen atoms in total. The fourth-order valence-corrected chi connectivity index (χ4v) is 2.85. The monoisotopic (exact) mass is 308 g/mol. The number of halogens is 1. The largest absolute Gasteiger partial charge is 0.465 e. The van der Waals surface area contributed by atoms with Crippen molar-refractivity contribution >= 4 is 27.5 Å². The molecule has 2 heterocycles. The maximum atomic E-state index is 11.6. The van der Waals surface area contributed by atoms with Gasteiger partial charge in [-0.3, -0.25) is 4.68 Å². The predicted molar refractivity (Wildman–Crippen MR) is 67.2 cm³/mol. The molecule has 0 unspecified atom stereocenters. The Kier molecular flexibility index (Phi) is 3.23. The number of ether oxygens (including phenoxy) is 1. The SMILES string of the molecule is Cn1nc(Cl)c(C2=NOCC(C)(C)O2)c1S(N)(=O)=O. The number of aryl methyl sites for hydroxylation is 1. The molecule has 0 saturated heterocycles. The highest BCUT2D eigenvalue weighted by molar-refractivity contribution is 7.89. The van der Waals surface area contributed by atoms with Crippen LogP contribution < -0.4 is 5.14 Å². The van der Waals surface area contributed by atoms with Crippen LogP contribution in [0.25, 0.3) is 0 Å². The van der Waals surface area contributed by atoms with E-state index in [1.165, 1.54) is 7.05 Å². The first kappa shape index (κ1) is 14.1. The Labute approximate surface area is 115 Å². The number of hydrogen-bond donors (Lipinski definition) is 1. The van der Waals surface area contributed by atoms with E-state index in [9.17, 15) is 8.42 Å². The second kappa shape index (κ2) is 4.36. The van der Waals surface area contributed by atoms with Crippen molar-refractivity contribution in [3.8, 4) is 0 Å². The van der Waals surface area contributed by atoms with Crippen molar-refractivity contribution in [3.05, 3.63) is 10.7 Å². The van der Waals surface area contributed by atoms with Crippen LogP contribution in [0, 0.1) is 0 Å². The second-order valence-electron chi connectivity index (χ2n) is 4.67. The molecule has 0 bridgehead atoms. The molecule has 1 aromatic rings. The summed E-state index contributed by atoms with van der Waals surface area (Å²) in [6.07, 6.45) is 0. The molecule has 19 heavy (non-hydrogen) atoms. The Morgan fingerprint density at radius 3 is 2.63 bits per heavy atom. The zero-order valence-electron chi connectivity index (χ0n) is 10.5. The van der Waals surface area contributed by atoms with Crippen molar-refractivity contribution < 1.29 is 18.0 Å². The minimum Gasteiger partial charge on any atom is -0.465 e. The summed E-state index contributed by atoms with van der Waals surface area (Å²) in [4.78, 5) is 5.02. The van der Waals surface area contributed by atoms with E-state index in [1.807, 2.05) is 0 Å². The number of nitrogens with two attached hydrogens (primary N) is 1. The molecule has 0 saturated carbocycles. The van der Waals surface area contributed by atoms with Gasteiger partial charge in [-0.15, -0.1) is 0 Å². The normalized spacial score (nSPS) is 18.5. The molecular weight excluding hydrogens is 296 g/mol. The molecule has 0 fully saturated rings. The summed E-state index contributed by atoms with van der Waals surface area (Å²) in [5, 5.41) is 12.3. The average molecular weight is 309 g/mol. The lowest BCUT2D eigenvalue weighted by atomic mass is 10.1. The standard InChI is InChI=1S/C9H13ClN4O4S/c1-9(2)4-17-13-7(18-9)5-6(10)12-14(3)8(5)19(11,15)16/h4H2,1-3H3,(H2,11,15,16). The molecule has 1 aliphatic rings. The average Bonchev–Trinajstić information content (AvgIpc) is 2.51. The molecule has 0 amide bonds. The Morgan fingerprint density at radius 2 is 2.11 bits per heavy atom. The molecule has 1 aromatic heterocycles. The molecular formula is C9H13ClN4O4S. The highest BCUT2D eigenvalue weighted by Gasteiger charge is 2.35. The van der Waals surface area contributed by atoms with E-state index in [-0.39, 0.29) is 28.2 Å². The maximum Gasteiger partial charge on any atom is 0.264 e. The highest BCUT2D eigenvalue weighted by Crippen LogP contribution is 2.27. The molecule has 106 valence electrons. The zero-order valence-corrected chi connectivity index (χ0v) is 12.1. The van der Waals surface area contributed by atoms with E-state index in [4.69, 9.17) is 26.3 Å². The summed E-state index contributed by atoms with van der Waals surface area (Å²) in [7, 11) is -2.62. The van der Waals surface area contributed by atoms with Crippen LogP contribution in [-0.2, 0) is 26.6 Å². The minimum absolute atomic E-state index is 0.000517. The van der Waals surface area contributed by atoms with Gasteiger partial charge in [0, 0.05) is 7.05 Å². The van der Waals surface area contributed by atoms with Crippen LogP contribution >= 0.6 is 11.6 Å². The van der Waals surface area contributed by atoms with E-state index in [0.29, 0.717) is 0 Å². The van der Waals surface area contributed by atoms with Gasteiger partial charge in [0.25, 0.3) is 15.9 Å². The minimum atomic E-state index is -4.03. The first-order valence-electron chi connectivity index (χ1n) is 5.26. The number of hydrogen-bond acceptors (Lipinski definition) is 6. The van der Waals surface area contributed by atoms with E-state index in [2.05, 4.69) is 10.3 Å². The predicted octanol–water partition coefficient (Wildman–Crippen LogP) is 0.208. The van der Waals surface area contributed by atoms with E-state index in [0.717, 1.165) is 4.68 Å². The third kappa shape index (κ3) is 2.67. The summed E-state index contributed by atoms with van der Waals surface area (Å²) in [5.41, 5.74) is -0.661. The number of primary sulfonamides is 1. The fourth-order valence-electron chi connectivity index (χ4n) is 1.64. The Bertz CT molecular complexity index is 649. The van der Waals surface area contributed by atoms with Gasteiger partial charge in [-0.25, -0.2) is 13.6 Å². The number of rotatable bonds is 2. The second-order valence-corrected chi connectivity index (χ2v) is 6.51. The van der Waals surface area contributed by atoms with Gasteiger partial charge in [-0.2, -0.15) is 5.10 Å². The first-order valence-corrected chi connectivity index (χ1v) is 7.19. The van der Waals surface area contributed by atoms with Crippen molar-refractivity contribution in [2.24, 2.45) is 17.3 Å². The first-order chi connectivity index (χ1) is 8.62. The Morgan fingerprint density at radius 1 is 1.47 bits per heavy atom. The molecule has 0 atom stereocenters. The molecule has 10 heteroatoms. The van der Waals surface area contributed by atoms with Crippen LogP contribution in [-0.4, -0.2) is 36.3 Å². The third-order valence-electron chi connectivity index (χ3n) is 2.37. The lowest BCUT2D eigenvalue weighted by Gasteiger charge is -2.29. The maximum absolute atomic E-state index is 11.6. The smallest absolute Gasteiger partial charge is 0.264 e. The van der Waals surface area contributed by atoms with Crippen molar-refractivity contribution in [1.82, 2.24) is 9.78 Å². The van der Waals surface area contributed by atoms with Gasteiger partial charge < -0.3 is 9.57 Å². The third-order valence-corrected chi connectivity index (χ3v) is 3.64. The van der Waals surface area contributed by atoms with Crippen LogP contribution in [0.5, 0.6) is 0 Å². The van der Waals surface area contributed by atoms with Gasteiger partial charge in [0.15, 0.2) is 16.8 Å². The lowest BCUT2D eigenvalue weighted by Crippen LogP contribution is -2.37. The number of oxime groups is 1. The topological polar surface area (TPSA) is 109 Å². The van der Waals surface area contributed by atoms with E-state index in [1.54, 1.807) is 13.8 Å². The summed E-state index contributed by atoms with van der Waals surface area (Å²) in [5.74, 6) is -0.0571. The van der Waals surface area contributed by atoms with Crippen molar-refractivity contribution in [1.29, 1.82) is 0 Å². The lowest BCUT2D eigenvalue weighted by molar-refractivity contribution is -0.0428. The summed E-state index contributed by atoms with van der Waals surface area (Å²) >= 11 is 5.91. The van der Waals surface area contributed by atoms with Gasteiger partial charge in [0.1, 0.15) is 11.2 Å². The van der Waals surface area contributed by atoms with Crippen LogP contribution in [0.4, 0.5) is 0 Å². The van der Waals surface area contributed by atoms with Crippen LogP contribution in [0.1, 0.15) is 19.4 Å². The number of aromatic nitrogens is 2. The Balaban J connectivity index is 2.61. The van der Waals surface area contributed by atoms with Crippen LogP contribution in [0.2, 0.25) is 5.15 Å². The van der Waals surface area contributed by atoms with Crippen molar-refractivity contribution in [2.75, 3.05) is 6.61 Å². The van der Waals surface area contributed by atoms with E-state index >= 15 is 0 Å². The van der Waals surface area contributed by atoms with Crippen LogP contribution in [0.15, 0.2) is 10.2 Å². The molecule has 1 aliphatic heterocycles. The molecule has 0 aliphatic carbocycles. The van der Waals surface area contributed by atoms with Gasteiger partial charge in [-0.05, 0) is 19.0 Å². The van der Waals surface area contributed by atoms with Gasteiger partial charge in [0.2, 0.25) is 0 Å². The van der Waals surface area contributed by atoms with Crippen molar-refractivity contribution in [3.63, 3.8) is 0 Å². The summed E-state index contributed by atoms with van der Waals surface area (Å²) in [6.45, 7) is 3.77. The molecule has 0 spiro atoms. The van der Waals surface area contributed by atoms with Gasteiger partial charge >= 0.3 is 0 Å². The fraction of sp³-hybridized carbons (Fsp3) is 0.556. The molecule has 2 rings (SSSR count). The highest BCUT2D eigenvalue weighted by atomic mass is 35.5. The van der Waals surface area contributed by atoms with Crippen LogP contribution in [0.3, 0.4) is 0 Å². The number of nitrogens with zero attached hydrogens (tertiary/aromatic N) is 3. The number of sulfonamides is 1. The van der Waals surface area contributed by atoms with Crippen molar-refractivity contribution in [2.45, 2.75) is 24.5 Å². The Hall–Kier alpha value is -1.32. The van der Waals surface area contributed by atoms with E-state index < -0.39 is 15.6 Å². The molecule has 0 radical (unpaired) electrons. The molecule has 2 N–H and O–H groups in total. The quantitative estimate of drug-likeness (QED) is 0.840.